The molecule has 0 aliphatic heterocycles. The summed E-state index contributed by atoms with van der Waals surface area (Å²) in [6.07, 6.45) is 1.69. The number of hydrogen-bond acceptors (Lipinski definition) is 5. The summed E-state index contributed by atoms with van der Waals surface area (Å²) < 4.78 is 1.83. The number of thiophene rings is 1. The van der Waals surface area contributed by atoms with Gasteiger partial charge < -0.3 is 11.1 Å². The topological polar surface area (TPSA) is 103 Å². The highest BCUT2D eigenvalue weighted by atomic mass is 32.1. The van der Waals surface area contributed by atoms with Crippen molar-refractivity contribution in [1.29, 1.82) is 0 Å². The molecule has 1 aromatic carbocycles. The highest BCUT2D eigenvalue weighted by molar-refractivity contribution is 7.12. The number of nitrogens with zero attached hydrogens (tertiary/aromatic N) is 3. The Morgan fingerprint density at radius 3 is 2.62 bits per heavy atom. The van der Waals surface area contributed by atoms with Gasteiger partial charge in [0.25, 0.3) is 5.91 Å². The molecular weight excluding hydrogens is 422 g/mol. The van der Waals surface area contributed by atoms with Crippen molar-refractivity contribution in [1.82, 2.24) is 20.1 Å². The lowest BCUT2D eigenvalue weighted by Gasteiger charge is -2.11. The van der Waals surface area contributed by atoms with E-state index >= 15 is 0 Å². The van der Waals surface area contributed by atoms with Crippen LogP contribution in [0.15, 0.2) is 42.6 Å². The van der Waals surface area contributed by atoms with E-state index in [1.54, 1.807) is 35.7 Å². The zero-order valence-corrected chi connectivity index (χ0v) is 19.3. The van der Waals surface area contributed by atoms with E-state index in [2.05, 4.69) is 30.3 Å². The van der Waals surface area contributed by atoms with Gasteiger partial charge in [-0.1, -0.05) is 12.1 Å². The molecule has 0 spiro atoms. The number of hydrogen-bond donors (Lipinski definition) is 2. The van der Waals surface area contributed by atoms with Gasteiger partial charge in [0.2, 0.25) is 5.91 Å². The molecule has 0 atom stereocenters. The molecule has 4 aromatic rings. The molecule has 0 saturated heterocycles. The van der Waals surface area contributed by atoms with Crippen LogP contribution in [0, 0.1) is 13.8 Å². The number of nitrogens with one attached hydrogen (secondary N) is 1. The van der Waals surface area contributed by atoms with Crippen LogP contribution in [0.4, 0.5) is 0 Å². The Morgan fingerprint density at radius 2 is 1.97 bits per heavy atom. The summed E-state index contributed by atoms with van der Waals surface area (Å²) >= 11 is 1.71. The normalized spacial score (nSPS) is 11.3. The lowest BCUT2D eigenvalue weighted by Crippen LogP contribution is -2.23. The molecule has 0 fully saturated rings. The Hall–Kier alpha value is -3.52. The van der Waals surface area contributed by atoms with E-state index in [4.69, 9.17) is 10.7 Å². The van der Waals surface area contributed by atoms with E-state index in [1.165, 1.54) is 4.88 Å². The second-order valence-electron chi connectivity index (χ2n) is 8.05. The van der Waals surface area contributed by atoms with Crippen LogP contribution in [0.1, 0.15) is 55.9 Å². The fraction of sp³-hybridized carbons (Fsp3) is 0.250. The van der Waals surface area contributed by atoms with Crippen LogP contribution in [0.3, 0.4) is 0 Å². The molecule has 0 radical (unpaired) electrons. The van der Waals surface area contributed by atoms with Crippen molar-refractivity contribution in [2.45, 2.75) is 40.3 Å². The molecule has 32 heavy (non-hydrogen) atoms. The number of benzene rings is 1. The zero-order valence-electron chi connectivity index (χ0n) is 18.5. The summed E-state index contributed by atoms with van der Waals surface area (Å²) in [4.78, 5) is 31.9. The highest BCUT2D eigenvalue weighted by Crippen LogP contribution is 2.32. The molecule has 0 aliphatic carbocycles. The number of aromatic nitrogens is 3. The van der Waals surface area contributed by atoms with E-state index in [0.717, 1.165) is 21.7 Å². The van der Waals surface area contributed by atoms with E-state index in [0.29, 0.717) is 22.2 Å². The molecule has 164 valence electrons. The van der Waals surface area contributed by atoms with E-state index in [9.17, 15) is 9.59 Å². The van der Waals surface area contributed by atoms with Gasteiger partial charge in [-0.05, 0) is 57.5 Å². The third-order valence-electron chi connectivity index (χ3n) is 5.28. The molecule has 0 bridgehead atoms. The Kier molecular flexibility index (Phi) is 5.80. The fourth-order valence-corrected chi connectivity index (χ4v) is 4.65. The summed E-state index contributed by atoms with van der Waals surface area (Å²) in [6.45, 7) is 8.46. The minimum atomic E-state index is -0.499. The molecule has 0 aliphatic rings. The average molecular weight is 448 g/mol. The Bertz CT molecular complexity index is 1340. The number of primary amides is 1. The Balaban J connectivity index is 1.73. The van der Waals surface area contributed by atoms with Crippen LogP contribution in [-0.2, 0) is 6.54 Å². The molecular formula is C24H25N5O2S. The third-order valence-corrected chi connectivity index (χ3v) is 6.25. The second kappa shape index (κ2) is 8.55. The second-order valence-corrected chi connectivity index (χ2v) is 9.51. The van der Waals surface area contributed by atoms with Gasteiger partial charge in [0.1, 0.15) is 0 Å². The predicted octanol–water partition coefficient (Wildman–Crippen LogP) is 4.39. The van der Waals surface area contributed by atoms with Gasteiger partial charge in [0, 0.05) is 33.5 Å². The SMILES string of the molecule is Cc1cc(-c2cc(C(=O)NCc3cccc(C(N)=O)c3)c3cnn(C(C)C)c3n2)c(C)s1. The molecule has 4 rings (SSSR count). The number of rotatable bonds is 6. The Labute approximate surface area is 190 Å². The summed E-state index contributed by atoms with van der Waals surface area (Å²) in [5, 5.41) is 8.14. The molecule has 7 nitrogen and oxygen atoms in total. The van der Waals surface area contributed by atoms with Crippen molar-refractivity contribution in [3.8, 4) is 11.3 Å². The largest absolute Gasteiger partial charge is 0.366 e. The highest BCUT2D eigenvalue weighted by Gasteiger charge is 2.20. The molecule has 0 saturated carbocycles. The van der Waals surface area contributed by atoms with Crippen LogP contribution in [0.5, 0.6) is 0 Å². The van der Waals surface area contributed by atoms with Gasteiger partial charge in [-0.15, -0.1) is 11.3 Å². The van der Waals surface area contributed by atoms with Gasteiger partial charge in [0.15, 0.2) is 5.65 Å². The zero-order chi connectivity index (χ0) is 23.0. The number of amides is 2. The number of aryl methyl sites for hydroxylation is 2. The first kappa shape index (κ1) is 21.7. The quantitative estimate of drug-likeness (QED) is 0.458. The molecule has 3 heterocycles. The summed E-state index contributed by atoms with van der Waals surface area (Å²) in [5.41, 5.74) is 9.54. The van der Waals surface area contributed by atoms with Crippen molar-refractivity contribution >= 4 is 34.2 Å². The standard InChI is InChI=1S/C24H25N5O2S/c1-13(2)29-23-20(12-27-29)19(10-21(28-23)18-8-14(3)32-15(18)4)24(31)26-11-16-6-5-7-17(9-16)22(25)30/h5-10,12-13H,11H2,1-4H3,(H2,25,30)(H,26,31). The molecule has 3 aromatic heterocycles. The van der Waals surface area contributed by atoms with E-state index in [1.807, 2.05) is 30.7 Å². The van der Waals surface area contributed by atoms with Gasteiger partial charge in [-0.3, -0.25) is 9.59 Å². The maximum absolute atomic E-state index is 13.2. The third kappa shape index (κ3) is 4.13. The van der Waals surface area contributed by atoms with Crippen LogP contribution >= 0.6 is 11.3 Å². The van der Waals surface area contributed by atoms with Crippen molar-refractivity contribution in [3.05, 3.63) is 69.0 Å². The van der Waals surface area contributed by atoms with Crippen LogP contribution in [0.2, 0.25) is 0 Å². The summed E-state index contributed by atoms with van der Waals surface area (Å²) in [5.74, 6) is -0.725. The molecule has 2 amide bonds. The minimum Gasteiger partial charge on any atom is -0.366 e. The van der Waals surface area contributed by atoms with E-state index in [-0.39, 0.29) is 18.5 Å². The smallest absolute Gasteiger partial charge is 0.252 e. The van der Waals surface area contributed by atoms with Crippen LogP contribution < -0.4 is 11.1 Å². The summed E-state index contributed by atoms with van der Waals surface area (Å²) in [6, 6.07) is 11.0. The minimum absolute atomic E-state index is 0.105. The van der Waals surface area contributed by atoms with Crippen molar-refractivity contribution in [3.63, 3.8) is 0 Å². The number of carbonyl (C=O) groups is 2. The molecule has 8 heteroatoms. The number of nitrogens with two attached hydrogens (primary N) is 1. The number of pyridine rings is 1. The first-order valence-electron chi connectivity index (χ1n) is 10.4. The molecule has 0 unspecified atom stereocenters. The average Bonchev–Trinajstić information content (AvgIpc) is 3.33. The van der Waals surface area contributed by atoms with Gasteiger partial charge in [-0.25, -0.2) is 9.67 Å². The van der Waals surface area contributed by atoms with Crippen LogP contribution in [0.25, 0.3) is 22.3 Å². The van der Waals surface area contributed by atoms with Gasteiger partial charge >= 0.3 is 0 Å². The van der Waals surface area contributed by atoms with Crippen molar-refractivity contribution in [2.24, 2.45) is 5.73 Å². The number of carbonyl (C=O) groups excluding carboxylic acids is 2. The Morgan fingerprint density at radius 1 is 1.19 bits per heavy atom. The summed E-state index contributed by atoms with van der Waals surface area (Å²) in [7, 11) is 0. The lowest BCUT2D eigenvalue weighted by atomic mass is 10.1. The van der Waals surface area contributed by atoms with Crippen molar-refractivity contribution < 1.29 is 9.59 Å². The van der Waals surface area contributed by atoms with E-state index < -0.39 is 5.91 Å². The maximum Gasteiger partial charge on any atom is 0.252 e. The van der Waals surface area contributed by atoms with Crippen LogP contribution in [-0.4, -0.2) is 26.6 Å². The van der Waals surface area contributed by atoms with Crippen molar-refractivity contribution in [2.75, 3.05) is 0 Å². The lowest BCUT2D eigenvalue weighted by molar-refractivity contribution is 0.0951. The molecule has 3 N–H and O–H groups in total. The maximum atomic E-state index is 13.2. The van der Waals surface area contributed by atoms with Gasteiger partial charge in [-0.2, -0.15) is 5.10 Å². The first-order chi connectivity index (χ1) is 15.2. The fourth-order valence-electron chi connectivity index (χ4n) is 3.72. The monoisotopic (exact) mass is 447 g/mol. The first-order valence-corrected chi connectivity index (χ1v) is 11.2. The van der Waals surface area contributed by atoms with Gasteiger partial charge in [0.05, 0.1) is 22.8 Å². The predicted molar refractivity (Wildman–Crippen MR) is 127 cm³/mol. The number of fused-ring (bicyclic) bond motifs is 1.